The van der Waals surface area contributed by atoms with Crippen molar-refractivity contribution in [2.24, 2.45) is 5.92 Å². The summed E-state index contributed by atoms with van der Waals surface area (Å²) in [6.07, 6.45) is 8.40. The standard InChI is InChI=1S/C26H38N4O2/c1-18(14-19-6-8-20(9-7-19)21(16-27)17-28-5)23-15-24(23)29-22-10-12-30(13-11-22)25(31)32-26(2,3)4/h6-9,14,16-17,22-24,27-29H,10-13,15H2,1-5H3/b18-14+,21-17+,27-16?/t23-,24?/m0/s1. The summed E-state index contributed by atoms with van der Waals surface area (Å²) in [6.45, 7) is 9.45. The zero-order valence-electron chi connectivity index (χ0n) is 20.1. The molecule has 1 aliphatic heterocycles. The molecule has 1 heterocycles. The molecule has 32 heavy (non-hydrogen) atoms. The van der Waals surface area contributed by atoms with Gasteiger partial charge in [-0.25, -0.2) is 4.79 Å². The van der Waals surface area contributed by atoms with Crippen LogP contribution in [0.15, 0.2) is 36.0 Å². The van der Waals surface area contributed by atoms with Gasteiger partial charge in [-0.1, -0.05) is 35.9 Å². The molecule has 0 aromatic heterocycles. The normalized spacial score (nSPS) is 22.5. The predicted octanol–water partition coefficient (Wildman–Crippen LogP) is 4.68. The van der Waals surface area contributed by atoms with Crippen LogP contribution in [0.2, 0.25) is 0 Å². The molecule has 3 rings (SSSR count). The van der Waals surface area contributed by atoms with Crippen molar-refractivity contribution in [2.75, 3.05) is 20.1 Å². The first-order valence-corrected chi connectivity index (χ1v) is 11.6. The molecular weight excluding hydrogens is 400 g/mol. The van der Waals surface area contributed by atoms with Crippen LogP contribution in [0.3, 0.4) is 0 Å². The van der Waals surface area contributed by atoms with Crippen LogP contribution in [-0.2, 0) is 4.74 Å². The lowest BCUT2D eigenvalue weighted by Crippen LogP contribution is -2.47. The molecule has 1 saturated carbocycles. The van der Waals surface area contributed by atoms with Crippen LogP contribution in [0.25, 0.3) is 11.6 Å². The number of likely N-dealkylation sites (tertiary alicyclic amines) is 1. The third-order valence-corrected chi connectivity index (χ3v) is 6.07. The Labute approximate surface area is 192 Å². The van der Waals surface area contributed by atoms with E-state index in [1.807, 2.05) is 38.9 Å². The fraction of sp³-hybridized carbons (Fsp3) is 0.538. The maximum atomic E-state index is 12.2. The first kappa shape index (κ1) is 24.1. The molecule has 2 aliphatic rings. The van der Waals surface area contributed by atoms with Crippen molar-refractivity contribution < 1.29 is 9.53 Å². The summed E-state index contributed by atoms with van der Waals surface area (Å²) in [5.41, 5.74) is 4.05. The average molecular weight is 439 g/mol. The second kappa shape index (κ2) is 10.3. The molecule has 6 heteroatoms. The third-order valence-electron chi connectivity index (χ3n) is 6.07. The van der Waals surface area contributed by atoms with Gasteiger partial charge in [-0.3, -0.25) is 0 Å². The minimum atomic E-state index is -0.441. The van der Waals surface area contributed by atoms with Gasteiger partial charge in [0.05, 0.1) is 0 Å². The Hall–Kier alpha value is -2.60. The summed E-state index contributed by atoms with van der Waals surface area (Å²) in [7, 11) is 1.84. The van der Waals surface area contributed by atoms with Gasteiger partial charge in [0.2, 0.25) is 0 Å². The number of amides is 1. The molecular formula is C26H38N4O2. The fourth-order valence-electron chi connectivity index (χ4n) is 4.25. The number of carbonyl (C=O) groups is 1. The Balaban J connectivity index is 1.47. The van der Waals surface area contributed by atoms with Crippen LogP contribution in [0, 0.1) is 11.3 Å². The number of allylic oxidation sites excluding steroid dienone is 1. The van der Waals surface area contributed by atoms with Crippen LogP contribution >= 0.6 is 0 Å². The van der Waals surface area contributed by atoms with Crippen molar-refractivity contribution in [1.82, 2.24) is 15.5 Å². The highest BCUT2D eigenvalue weighted by molar-refractivity contribution is 6.08. The SMILES string of the molecule is CN/C=C(\C=N)c1ccc(/C=C(\C)[C@@H]2CC2NC2CCN(C(=O)OC(C)(C)C)CC2)cc1. The average Bonchev–Trinajstić information content (AvgIpc) is 3.51. The molecule has 2 atom stereocenters. The van der Waals surface area contributed by atoms with Gasteiger partial charge < -0.3 is 25.7 Å². The molecule has 0 bridgehead atoms. The molecule has 1 saturated heterocycles. The second-order valence-corrected chi connectivity index (χ2v) is 9.90. The van der Waals surface area contributed by atoms with E-state index in [2.05, 4.69) is 47.9 Å². The van der Waals surface area contributed by atoms with E-state index in [9.17, 15) is 4.79 Å². The van der Waals surface area contributed by atoms with Crippen molar-refractivity contribution in [3.8, 4) is 0 Å². The number of nitrogens with zero attached hydrogens (tertiary/aromatic N) is 1. The van der Waals surface area contributed by atoms with E-state index in [4.69, 9.17) is 10.1 Å². The van der Waals surface area contributed by atoms with Gasteiger partial charge in [0.1, 0.15) is 5.60 Å². The summed E-state index contributed by atoms with van der Waals surface area (Å²) in [4.78, 5) is 14.1. The largest absolute Gasteiger partial charge is 0.444 e. The quantitative estimate of drug-likeness (QED) is 0.540. The van der Waals surface area contributed by atoms with Crippen molar-refractivity contribution in [3.05, 3.63) is 47.2 Å². The number of benzene rings is 1. The molecule has 0 radical (unpaired) electrons. The van der Waals surface area contributed by atoms with Crippen molar-refractivity contribution in [3.63, 3.8) is 0 Å². The van der Waals surface area contributed by atoms with Crippen LogP contribution in [0.1, 0.15) is 58.1 Å². The van der Waals surface area contributed by atoms with Crippen LogP contribution in [-0.4, -0.2) is 55.0 Å². The highest BCUT2D eigenvalue weighted by Gasteiger charge is 2.40. The number of piperidine rings is 1. The van der Waals surface area contributed by atoms with E-state index < -0.39 is 5.60 Å². The number of nitrogens with one attached hydrogen (secondary N) is 3. The summed E-state index contributed by atoms with van der Waals surface area (Å²) in [5.74, 6) is 0.583. The molecule has 1 unspecified atom stereocenters. The van der Waals surface area contributed by atoms with Gasteiger partial charge in [0.25, 0.3) is 0 Å². The zero-order chi connectivity index (χ0) is 23.3. The van der Waals surface area contributed by atoms with Gasteiger partial charge in [-0.15, -0.1) is 0 Å². The van der Waals surface area contributed by atoms with Crippen molar-refractivity contribution in [2.45, 2.75) is 64.6 Å². The first-order valence-electron chi connectivity index (χ1n) is 11.6. The number of ether oxygens (including phenoxy) is 1. The maximum absolute atomic E-state index is 12.2. The van der Waals surface area contributed by atoms with E-state index in [0.717, 1.165) is 37.1 Å². The molecule has 0 spiro atoms. The molecule has 1 amide bonds. The van der Waals surface area contributed by atoms with Crippen LogP contribution in [0.5, 0.6) is 0 Å². The van der Waals surface area contributed by atoms with Gasteiger partial charge in [-0.05, 0) is 64.0 Å². The summed E-state index contributed by atoms with van der Waals surface area (Å²) >= 11 is 0. The van der Waals surface area contributed by atoms with E-state index in [1.165, 1.54) is 23.8 Å². The van der Waals surface area contributed by atoms with Crippen LogP contribution in [0.4, 0.5) is 4.79 Å². The molecule has 1 aromatic rings. The number of hydrogen-bond donors (Lipinski definition) is 3. The van der Waals surface area contributed by atoms with Gasteiger partial charge in [-0.2, -0.15) is 0 Å². The Bertz CT molecular complexity index is 859. The lowest BCUT2D eigenvalue weighted by atomic mass is 10.0. The van der Waals surface area contributed by atoms with Gasteiger partial charge in [0.15, 0.2) is 0 Å². The maximum Gasteiger partial charge on any atom is 0.410 e. The Kier molecular flexibility index (Phi) is 7.77. The lowest BCUT2D eigenvalue weighted by Gasteiger charge is -2.34. The highest BCUT2D eigenvalue weighted by atomic mass is 16.6. The fourth-order valence-corrected chi connectivity index (χ4v) is 4.25. The Morgan fingerprint density at radius 1 is 1.19 bits per heavy atom. The summed E-state index contributed by atoms with van der Waals surface area (Å²) in [5, 5.41) is 14.3. The highest BCUT2D eigenvalue weighted by Crippen LogP contribution is 2.39. The van der Waals surface area contributed by atoms with Crippen molar-refractivity contribution >= 4 is 24.0 Å². The number of carbonyl (C=O) groups excluding carboxylic acids is 1. The van der Waals surface area contributed by atoms with Crippen molar-refractivity contribution in [1.29, 1.82) is 5.41 Å². The number of rotatable bonds is 7. The minimum Gasteiger partial charge on any atom is -0.444 e. The molecule has 2 fully saturated rings. The van der Waals surface area contributed by atoms with E-state index in [1.54, 1.807) is 0 Å². The summed E-state index contributed by atoms with van der Waals surface area (Å²) < 4.78 is 5.49. The van der Waals surface area contributed by atoms with E-state index in [-0.39, 0.29) is 6.09 Å². The zero-order valence-corrected chi connectivity index (χ0v) is 20.1. The molecule has 1 aliphatic carbocycles. The number of hydrogen-bond acceptors (Lipinski definition) is 5. The van der Waals surface area contributed by atoms with E-state index >= 15 is 0 Å². The lowest BCUT2D eigenvalue weighted by molar-refractivity contribution is 0.0198. The molecule has 1 aromatic carbocycles. The van der Waals surface area contributed by atoms with Gasteiger partial charge in [0, 0.05) is 50.2 Å². The Morgan fingerprint density at radius 2 is 1.84 bits per heavy atom. The smallest absolute Gasteiger partial charge is 0.410 e. The Morgan fingerprint density at radius 3 is 2.41 bits per heavy atom. The predicted molar refractivity (Wildman–Crippen MR) is 132 cm³/mol. The minimum absolute atomic E-state index is 0.195. The molecule has 174 valence electrons. The third kappa shape index (κ3) is 6.70. The molecule has 6 nitrogen and oxygen atoms in total. The monoisotopic (exact) mass is 438 g/mol. The second-order valence-electron chi connectivity index (χ2n) is 9.90. The van der Waals surface area contributed by atoms with Gasteiger partial charge >= 0.3 is 6.09 Å². The first-order chi connectivity index (χ1) is 15.2. The van der Waals surface area contributed by atoms with E-state index in [0.29, 0.717) is 18.0 Å². The topological polar surface area (TPSA) is 77.5 Å². The summed E-state index contributed by atoms with van der Waals surface area (Å²) in [6, 6.07) is 9.36. The van der Waals surface area contributed by atoms with Crippen LogP contribution < -0.4 is 10.6 Å². The molecule has 3 N–H and O–H groups in total.